The van der Waals surface area contributed by atoms with Gasteiger partial charge in [0.2, 0.25) is 0 Å². The van der Waals surface area contributed by atoms with Crippen molar-refractivity contribution in [1.82, 2.24) is 0 Å². The van der Waals surface area contributed by atoms with Gasteiger partial charge < -0.3 is 0 Å². The van der Waals surface area contributed by atoms with Gasteiger partial charge in [-0.2, -0.15) is 0 Å². The van der Waals surface area contributed by atoms with Crippen LogP contribution < -0.4 is 0 Å². The predicted octanol–water partition coefficient (Wildman–Crippen LogP) is 1.98. The van der Waals surface area contributed by atoms with E-state index in [4.69, 9.17) is 0 Å². The van der Waals surface area contributed by atoms with Crippen LogP contribution in [0.4, 0.5) is 0 Å². The Balaban J connectivity index is 2.80. The maximum absolute atomic E-state index is 11.0. The van der Waals surface area contributed by atoms with Crippen LogP contribution in [-0.2, 0) is 21.7 Å². The molecule has 1 heterocycles. The van der Waals surface area contributed by atoms with E-state index in [1.54, 1.807) is 11.3 Å². The lowest BCUT2D eigenvalue weighted by molar-refractivity contribution is 0.447. The molecule has 0 amide bonds. The van der Waals surface area contributed by atoms with Gasteiger partial charge in [-0.3, -0.25) is 4.18 Å². The molecule has 0 N–H and O–H groups in total. The van der Waals surface area contributed by atoms with Gasteiger partial charge in [-0.05, 0) is 18.6 Å². The average molecular weight is 190 g/mol. The highest BCUT2D eigenvalue weighted by Gasteiger charge is 2.04. The monoisotopic (exact) mass is 190 g/mol. The number of aryl methyl sites for hydroxylation is 1. The van der Waals surface area contributed by atoms with Gasteiger partial charge in [0.25, 0.3) is 0 Å². The van der Waals surface area contributed by atoms with Crippen LogP contribution in [0.15, 0.2) is 16.3 Å². The topological polar surface area (TPSA) is 26.3 Å². The fourth-order valence-electron chi connectivity index (χ4n) is 0.720. The van der Waals surface area contributed by atoms with Crippen molar-refractivity contribution in [2.45, 2.75) is 17.6 Å². The molecule has 0 aromatic carbocycles. The van der Waals surface area contributed by atoms with Crippen LogP contribution in [0, 0.1) is 0 Å². The molecule has 0 saturated carbocycles. The molecule has 11 heavy (non-hydrogen) atoms. The molecule has 2 nitrogen and oxygen atoms in total. The van der Waals surface area contributed by atoms with Crippen molar-refractivity contribution < 1.29 is 8.39 Å². The van der Waals surface area contributed by atoms with Crippen LogP contribution >= 0.6 is 11.3 Å². The average Bonchev–Trinajstić information content (AvgIpc) is 2.50. The lowest BCUT2D eigenvalue weighted by Crippen LogP contribution is -1.87. The van der Waals surface area contributed by atoms with E-state index in [0.29, 0.717) is 0 Å². The Labute approximate surface area is 72.9 Å². The van der Waals surface area contributed by atoms with Crippen molar-refractivity contribution in [3.8, 4) is 0 Å². The SMILES string of the molecule is CCc1ccc(S(=O)OC)s1. The van der Waals surface area contributed by atoms with Gasteiger partial charge >= 0.3 is 0 Å². The summed E-state index contributed by atoms with van der Waals surface area (Å²) in [4.78, 5) is 1.24. The van der Waals surface area contributed by atoms with Crippen LogP contribution in [-0.4, -0.2) is 11.3 Å². The number of thiophene rings is 1. The molecule has 4 heteroatoms. The Hall–Kier alpha value is -0.190. The maximum Gasteiger partial charge on any atom is 0.199 e. The molecular formula is C7H10O2S2. The number of hydrogen-bond acceptors (Lipinski definition) is 3. The Morgan fingerprint density at radius 3 is 2.82 bits per heavy atom. The second-order valence-corrected chi connectivity index (χ2v) is 4.64. The third kappa shape index (κ3) is 2.12. The van der Waals surface area contributed by atoms with E-state index in [1.807, 2.05) is 12.1 Å². The molecule has 1 atom stereocenters. The smallest absolute Gasteiger partial charge is 0.199 e. The summed E-state index contributed by atoms with van der Waals surface area (Å²) in [6.45, 7) is 2.07. The zero-order valence-electron chi connectivity index (χ0n) is 6.49. The highest BCUT2D eigenvalue weighted by Crippen LogP contribution is 2.20. The molecule has 0 aliphatic rings. The Bertz CT molecular complexity index is 255. The van der Waals surface area contributed by atoms with Gasteiger partial charge in [0, 0.05) is 4.88 Å². The molecule has 0 bridgehead atoms. The zero-order chi connectivity index (χ0) is 8.27. The normalized spacial score (nSPS) is 13.3. The predicted molar refractivity (Wildman–Crippen MR) is 47.1 cm³/mol. The van der Waals surface area contributed by atoms with Gasteiger partial charge in [-0.15, -0.1) is 11.3 Å². The summed E-state index contributed by atoms with van der Waals surface area (Å²) in [6.07, 6.45) is 0.992. The molecule has 1 aromatic rings. The van der Waals surface area contributed by atoms with Crippen molar-refractivity contribution in [2.75, 3.05) is 7.11 Å². The minimum absolute atomic E-state index is 0.796. The van der Waals surface area contributed by atoms with Gasteiger partial charge in [0.1, 0.15) is 4.21 Å². The molecule has 0 fully saturated rings. The summed E-state index contributed by atoms with van der Waals surface area (Å²) in [7, 11) is 1.45. The molecular weight excluding hydrogens is 180 g/mol. The van der Waals surface area contributed by atoms with Crippen LogP contribution in [0.1, 0.15) is 11.8 Å². The highest BCUT2D eigenvalue weighted by atomic mass is 32.2. The first-order valence-corrected chi connectivity index (χ1v) is 5.22. The summed E-state index contributed by atoms with van der Waals surface area (Å²) < 4.78 is 16.5. The third-order valence-corrected chi connectivity index (χ3v) is 3.75. The van der Waals surface area contributed by atoms with Crippen LogP contribution in [0.25, 0.3) is 0 Å². The lowest BCUT2D eigenvalue weighted by atomic mass is 10.4. The number of hydrogen-bond donors (Lipinski definition) is 0. The molecule has 1 aromatic heterocycles. The molecule has 0 spiro atoms. The summed E-state index contributed by atoms with van der Waals surface area (Å²) in [5.41, 5.74) is 0. The van der Waals surface area contributed by atoms with Gasteiger partial charge in [0.15, 0.2) is 11.1 Å². The quantitative estimate of drug-likeness (QED) is 0.728. The van der Waals surface area contributed by atoms with Crippen LogP contribution in [0.3, 0.4) is 0 Å². The first kappa shape index (κ1) is 8.90. The Kier molecular flexibility index (Phi) is 3.23. The van der Waals surface area contributed by atoms with Gasteiger partial charge in [0.05, 0.1) is 7.11 Å². The fraction of sp³-hybridized carbons (Fsp3) is 0.429. The fourth-order valence-corrected chi connectivity index (χ4v) is 2.54. The second kappa shape index (κ2) is 3.99. The Morgan fingerprint density at radius 1 is 1.64 bits per heavy atom. The van der Waals surface area contributed by atoms with Gasteiger partial charge in [-0.1, -0.05) is 6.92 Å². The van der Waals surface area contributed by atoms with E-state index < -0.39 is 11.1 Å². The standard InChI is InChI=1S/C7H10O2S2/c1-3-6-4-5-7(10-6)11(8)9-2/h4-5H,3H2,1-2H3. The van der Waals surface area contributed by atoms with Crippen LogP contribution in [0.5, 0.6) is 0 Å². The summed E-state index contributed by atoms with van der Waals surface area (Å²) in [5.74, 6) is 0. The van der Waals surface area contributed by atoms with Crippen molar-refractivity contribution in [3.63, 3.8) is 0 Å². The van der Waals surface area contributed by atoms with Gasteiger partial charge in [-0.25, -0.2) is 4.21 Å². The highest BCUT2D eigenvalue weighted by molar-refractivity contribution is 7.82. The largest absolute Gasteiger partial charge is 0.289 e. The van der Waals surface area contributed by atoms with E-state index in [-0.39, 0.29) is 0 Å². The van der Waals surface area contributed by atoms with Crippen molar-refractivity contribution in [3.05, 3.63) is 17.0 Å². The van der Waals surface area contributed by atoms with Crippen molar-refractivity contribution in [1.29, 1.82) is 0 Å². The van der Waals surface area contributed by atoms with E-state index >= 15 is 0 Å². The van der Waals surface area contributed by atoms with E-state index in [2.05, 4.69) is 11.1 Å². The first-order chi connectivity index (χ1) is 5.27. The van der Waals surface area contributed by atoms with Crippen molar-refractivity contribution >= 4 is 22.4 Å². The van der Waals surface area contributed by atoms with Crippen molar-refractivity contribution in [2.24, 2.45) is 0 Å². The molecule has 0 saturated heterocycles. The zero-order valence-corrected chi connectivity index (χ0v) is 8.13. The molecule has 0 radical (unpaired) electrons. The molecule has 62 valence electrons. The molecule has 0 aliphatic heterocycles. The number of rotatable bonds is 3. The third-order valence-electron chi connectivity index (χ3n) is 1.30. The first-order valence-electron chi connectivity index (χ1n) is 3.33. The second-order valence-electron chi connectivity index (χ2n) is 1.98. The molecule has 0 aliphatic carbocycles. The summed E-state index contributed by atoms with van der Waals surface area (Å²) >= 11 is 0.288. The van der Waals surface area contributed by atoms with E-state index in [1.165, 1.54) is 12.0 Å². The minimum atomic E-state index is -1.25. The van der Waals surface area contributed by atoms with E-state index in [0.717, 1.165) is 10.6 Å². The lowest BCUT2D eigenvalue weighted by Gasteiger charge is -1.90. The minimum Gasteiger partial charge on any atom is -0.289 e. The molecule has 1 rings (SSSR count). The Morgan fingerprint density at radius 2 is 2.36 bits per heavy atom. The maximum atomic E-state index is 11.0. The van der Waals surface area contributed by atoms with E-state index in [9.17, 15) is 4.21 Å². The van der Waals surface area contributed by atoms with Crippen LogP contribution in [0.2, 0.25) is 0 Å². The summed E-state index contributed by atoms with van der Waals surface area (Å²) in [5, 5.41) is 0. The molecule has 1 unspecified atom stereocenters. The summed E-state index contributed by atoms with van der Waals surface area (Å²) in [6, 6.07) is 3.83.